The number of benzene rings is 2. The number of esters is 2. The molecule has 2 saturated heterocycles. The first kappa shape index (κ1) is 35.2. The summed E-state index contributed by atoms with van der Waals surface area (Å²) in [7, 11) is 0. The lowest BCUT2D eigenvalue weighted by molar-refractivity contribution is -0.128. The maximum Gasteiger partial charge on any atom is 0.349 e. The van der Waals surface area contributed by atoms with Gasteiger partial charge in [-0.25, -0.2) is 9.59 Å². The summed E-state index contributed by atoms with van der Waals surface area (Å²) in [5.41, 5.74) is 0.431. The van der Waals surface area contributed by atoms with Crippen LogP contribution in [0.5, 0.6) is 23.0 Å². The van der Waals surface area contributed by atoms with Crippen molar-refractivity contribution < 1.29 is 53.0 Å². The molecule has 2 aromatic carbocycles. The number of halogens is 1. The highest BCUT2D eigenvalue weighted by Gasteiger charge is 2.37. The van der Waals surface area contributed by atoms with Crippen LogP contribution >= 0.6 is 12.4 Å². The average molecular weight is 641 g/mol. The molecule has 14 heteroatoms. The minimum Gasteiger partial charge on any atom is -0.507 e. The molecule has 4 aliphatic rings. The SMILES string of the molecule is CC1(C)OC(=O)c2c(O)cccc2O1.CC1(C)OC(=O)c2c(OC[C@@H]3COCCN3)cccc2O1.Cl.OC[C@@H]1COCCN1. The molecule has 4 N–H and O–H groups in total. The van der Waals surface area contributed by atoms with Gasteiger partial charge in [-0.3, -0.25) is 0 Å². The van der Waals surface area contributed by atoms with Crippen molar-refractivity contribution in [2.24, 2.45) is 0 Å². The number of ether oxygens (including phenoxy) is 7. The number of aliphatic hydroxyl groups excluding tert-OH is 1. The van der Waals surface area contributed by atoms with E-state index >= 15 is 0 Å². The third kappa shape index (κ3) is 9.58. The molecular weight excluding hydrogens is 600 g/mol. The number of hydrogen-bond acceptors (Lipinski definition) is 13. The van der Waals surface area contributed by atoms with Gasteiger partial charge < -0.3 is 54.0 Å². The first-order valence-corrected chi connectivity index (χ1v) is 14.1. The molecule has 244 valence electrons. The van der Waals surface area contributed by atoms with Gasteiger partial charge in [0.15, 0.2) is 0 Å². The number of hydrogen-bond donors (Lipinski definition) is 4. The van der Waals surface area contributed by atoms with Gasteiger partial charge >= 0.3 is 11.9 Å². The minimum absolute atomic E-state index is 0. The summed E-state index contributed by atoms with van der Waals surface area (Å²) < 4.78 is 37.4. The summed E-state index contributed by atoms with van der Waals surface area (Å²) in [5.74, 6) is -1.73. The Hall–Kier alpha value is -3.33. The number of phenols is 1. The molecule has 0 bridgehead atoms. The fourth-order valence-corrected chi connectivity index (χ4v) is 4.50. The quantitative estimate of drug-likeness (QED) is 0.361. The highest BCUT2D eigenvalue weighted by Crippen LogP contribution is 2.37. The van der Waals surface area contributed by atoms with E-state index in [2.05, 4.69) is 10.6 Å². The molecule has 13 nitrogen and oxygen atoms in total. The number of morpholine rings is 2. The predicted octanol–water partition coefficient (Wildman–Crippen LogP) is 2.41. The Bertz CT molecular complexity index is 1260. The molecule has 0 radical (unpaired) electrons. The molecule has 0 saturated carbocycles. The van der Waals surface area contributed by atoms with Gasteiger partial charge in [0.25, 0.3) is 0 Å². The zero-order valence-electron chi connectivity index (χ0n) is 25.3. The Kier molecular flexibility index (Phi) is 12.5. The molecule has 0 unspecified atom stereocenters. The van der Waals surface area contributed by atoms with Crippen LogP contribution in [-0.2, 0) is 18.9 Å². The number of cyclic esters (lactones) is 2. The van der Waals surface area contributed by atoms with E-state index in [1.165, 1.54) is 6.07 Å². The Morgan fingerprint density at radius 3 is 1.84 bits per heavy atom. The van der Waals surface area contributed by atoms with E-state index in [9.17, 15) is 14.7 Å². The number of carbonyl (C=O) groups excluding carboxylic acids is 2. The Balaban J connectivity index is 0.000000198. The molecule has 6 rings (SSSR count). The van der Waals surface area contributed by atoms with Gasteiger partial charge in [-0.1, -0.05) is 12.1 Å². The second kappa shape index (κ2) is 15.6. The second-order valence-electron chi connectivity index (χ2n) is 11.0. The van der Waals surface area contributed by atoms with Gasteiger partial charge in [-0.2, -0.15) is 0 Å². The van der Waals surface area contributed by atoms with E-state index in [1.54, 1.807) is 58.0 Å². The van der Waals surface area contributed by atoms with Crippen molar-refractivity contribution in [1.82, 2.24) is 10.6 Å². The van der Waals surface area contributed by atoms with Crippen LogP contribution in [0, 0.1) is 0 Å². The summed E-state index contributed by atoms with van der Waals surface area (Å²) in [6, 6.07) is 10.2. The maximum atomic E-state index is 12.2. The topological polar surface area (TPSA) is 163 Å². The standard InChI is InChI=1S/C15H19NO5.C10H10O4.C5H11NO2.ClH/c1-15(2)20-12-5-3-4-11(13(12)14(17)21-15)19-9-10-8-18-7-6-16-10;1-10(2)13-7-5-3-4-6(11)8(7)9(12)14-10;7-3-5-4-8-2-1-6-5;/h3-5,10,16H,6-9H2,1-2H3;3-5,11H,1-2H3;5-7H,1-4H2;1H/t10-;;5-;/m0.1./s1. The summed E-state index contributed by atoms with van der Waals surface area (Å²) in [5, 5.41) is 24.4. The van der Waals surface area contributed by atoms with Crippen molar-refractivity contribution in [2.45, 2.75) is 51.4 Å². The molecule has 4 heterocycles. The number of rotatable bonds is 4. The van der Waals surface area contributed by atoms with Gasteiger partial charge in [0, 0.05) is 40.8 Å². The molecule has 0 spiro atoms. The maximum absolute atomic E-state index is 12.2. The Morgan fingerprint density at radius 1 is 0.795 bits per heavy atom. The van der Waals surface area contributed by atoms with Crippen LogP contribution in [0.2, 0.25) is 0 Å². The van der Waals surface area contributed by atoms with E-state index in [0.29, 0.717) is 49.2 Å². The van der Waals surface area contributed by atoms with Gasteiger partial charge in [-0.05, 0) is 24.3 Å². The second-order valence-corrected chi connectivity index (χ2v) is 11.0. The lowest BCUT2D eigenvalue weighted by atomic mass is 10.1. The number of aliphatic hydroxyl groups is 1. The lowest BCUT2D eigenvalue weighted by Gasteiger charge is -2.32. The summed E-state index contributed by atoms with van der Waals surface area (Å²) in [6.07, 6.45) is 0. The molecule has 0 aliphatic carbocycles. The van der Waals surface area contributed by atoms with Crippen LogP contribution in [0.25, 0.3) is 0 Å². The number of aromatic hydroxyl groups is 1. The average Bonchev–Trinajstić information content (AvgIpc) is 2.96. The smallest absolute Gasteiger partial charge is 0.349 e. The lowest BCUT2D eigenvalue weighted by Crippen LogP contribution is -2.45. The highest BCUT2D eigenvalue weighted by molar-refractivity contribution is 5.97. The van der Waals surface area contributed by atoms with Crippen LogP contribution in [-0.4, -0.2) is 98.5 Å². The minimum atomic E-state index is -0.974. The van der Waals surface area contributed by atoms with E-state index in [1.807, 2.05) is 0 Å². The normalized spacial score (nSPS) is 22.6. The first-order valence-electron chi connectivity index (χ1n) is 14.1. The van der Waals surface area contributed by atoms with Crippen LogP contribution < -0.4 is 24.8 Å². The van der Waals surface area contributed by atoms with Gasteiger partial charge in [0.05, 0.1) is 45.1 Å². The van der Waals surface area contributed by atoms with Crippen molar-refractivity contribution in [1.29, 1.82) is 0 Å². The molecule has 2 aromatic rings. The number of phenolic OH excluding ortho intramolecular Hbond substituents is 1. The van der Waals surface area contributed by atoms with Crippen LogP contribution in [0.1, 0.15) is 48.4 Å². The summed E-state index contributed by atoms with van der Waals surface area (Å²) in [6.45, 7) is 11.7. The zero-order valence-corrected chi connectivity index (χ0v) is 26.1. The predicted molar refractivity (Wildman–Crippen MR) is 160 cm³/mol. The highest BCUT2D eigenvalue weighted by atomic mass is 35.5. The van der Waals surface area contributed by atoms with Crippen molar-refractivity contribution in [3.05, 3.63) is 47.5 Å². The van der Waals surface area contributed by atoms with Crippen LogP contribution in [0.15, 0.2) is 36.4 Å². The first-order chi connectivity index (χ1) is 20.5. The summed E-state index contributed by atoms with van der Waals surface area (Å²) in [4.78, 5) is 23.6. The number of carbonyl (C=O) groups is 2. The van der Waals surface area contributed by atoms with E-state index in [0.717, 1.165) is 19.7 Å². The number of fused-ring (bicyclic) bond motifs is 2. The Morgan fingerprint density at radius 2 is 1.32 bits per heavy atom. The largest absolute Gasteiger partial charge is 0.507 e. The molecule has 2 atom stereocenters. The number of nitrogens with one attached hydrogen (secondary N) is 2. The van der Waals surface area contributed by atoms with Crippen molar-refractivity contribution in [3.63, 3.8) is 0 Å². The van der Waals surface area contributed by atoms with Crippen LogP contribution in [0.3, 0.4) is 0 Å². The molecule has 4 aliphatic heterocycles. The monoisotopic (exact) mass is 640 g/mol. The van der Waals surface area contributed by atoms with Gasteiger partial charge in [0.2, 0.25) is 11.6 Å². The molecule has 44 heavy (non-hydrogen) atoms. The molecule has 2 fully saturated rings. The molecule has 0 amide bonds. The van der Waals surface area contributed by atoms with Gasteiger partial charge in [-0.15, -0.1) is 12.4 Å². The molecular formula is C30H41ClN2O11. The molecule has 0 aromatic heterocycles. The van der Waals surface area contributed by atoms with E-state index in [-0.39, 0.29) is 42.4 Å². The Labute approximate surface area is 262 Å². The third-order valence-corrected chi connectivity index (χ3v) is 6.45. The van der Waals surface area contributed by atoms with Crippen molar-refractivity contribution >= 4 is 24.3 Å². The third-order valence-electron chi connectivity index (χ3n) is 6.45. The van der Waals surface area contributed by atoms with E-state index in [4.69, 9.17) is 38.3 Å². The summed E-state index contributed by atoms with van der Waals surface area (Å²) >= 11 is 0. The van der Waals surface area contributed by atoms with Gasteiger partial charge in [0.1, 0.15) is 40.7 Å². The fourth-order valence-electron chi connectivity index (χ4n) is 4.50. The van der Waals surface area contributed by atoms with Crippen molar-refractivity contribution in [2.75, 3.05) is 52.7 Å². The zero-order chi connectivity index (χ0) is 31.0. The fraction of sp³-hybridized carbons (Fsp3) is 0.533. The van der Waals surface area contributed by atoms with E-state index < -0.39 is 23.5 Å². The van der Waals surface area contributed by atoms with Crippen LogP contribution in [0.4, 0.5) is 0 Å². The van der Waals surface area contributed by atoms with Crippen molar-refractivity contribution in [3.8, 4) is 23.0 Å².